The number of thiazole rings is 1. The zero-order valence-electron chi connectivity index (χ0n) is 12.4. The van der Waals surface area contributed by atoms with Crippen molar-refractivity contribution >= 4 is 23.2 Å². The number of aliphatic hydroxyl groups excluding tert-OH is 1. The summed E-state index contributed by atoms with van der Waals surface area (Å²) in [5, 5.41) is 21.3. The normalized spacial score (nSPS) is 21.8. The fourth-order valence-corrected chi connectivity index (χ4v) is 3.62. The van der Waals surface area contributed by atoms with Crippen LogP contribution in [-0.2, 0) is 4.79 Å². The fraction of sp³-hybridized carbons (Fsp3) is 0.312. The quantitative estimate of drug-likeness (QED) is 0.892. The first-order chi connectivity index (χ1) is 11.0. The number of fused-ring (bicyclic) bond motifs is 1. The summed E-state index contributed by atoms with van der Waals surface area (Å²) in [6, 6.07) is 6.00. The third-order valence-corrected chi connectivity index (χ3v) is 4.52. The Balaban J connectivity index is 2.19. The van der Waals surface area contributed by atoms with E-state index < -0.39 is 24.0 Å². The predicted molar refractivity (Wildman–Crippen MR) is 84.4 cm³/mol. The van der Waals surface area contributed by atoms with Crippen molar-refractivity contribution < 1.29 is 19.8 Å². The second-order valence-electron chi connectivity index (χ2n) is 5.57. The number of aromatic nitrogens is 1. The lowest BCUT2D eigenvalue weighted by Crippen LogP contribution is -2.47. The first-order valence-corrected chi connectivity index (χ1v) is 8.14. The van der Waals surface area contributed by atoms with Crippen LogP contribution in [0, 0.1) is 0 Å². The van der Waals surface area contributed by atoms with Crippen molar-refractivity contribution in [1.82, 2.24) is 9.88 Å². The molecular weight excluding hydrogens is 316 g/mol. The van der Waals surface area contributed by atoms with Gasteiger partial charge in [0.2, 0.25) is 0 Å². The molecular formula is C16H16N2O4S. The molecule has 1 aliphatic rings. The molecule has 23 heavy (non-hydrogen) atoms. The number of β-amino-alcohol motifs (C(OH)–C–C–N with tert-alkyl or cyclic N) is 1. The maximum Gasteiger partial charge on any atom is 0.313 e. The van der Waals surface area contributed by atoms with Gasteiger partial charge in [-0.1, -0.05) is 18.2 Å². The molecule has 0 saturated carbocycles. The summed E-state index contributed by atoms with van der Waals surface area (Å²) in [5.41, 5.74) is 3.00. The van der Waals surface area contributed by atoms with Crippen LogP contribution in [0.3, 0.4) is 0 Å². The highest BCUT2D eigenvalue weighted by atomic mass is 32.1. The molecule has 0 aliphatic carbocycles. The van der Waals surface area contributed by atoms with Crippen LogP contribution in [0.15, 0.2) is 35.2 Å². The first kappa shape index (κ1) is 15.6. The molecule has 0 fully saturated rings. The molecule has 120 valence electrons. The van der Waals surface area contributed by atoms with Crippen molar-refractivity contribution in [2.24, 2.45) is 0 Å². The Hall–Kier alpha value is -2.25. The van der Waals surface area contributed by atoms with Gasteiger partial charge in [-0.15, -0.1) is 11.3 Å². The van der Waals surface area contributed by atoms with E-state index in [2.05, 4.69) is 4.98 Å². The molecule has 0 spiro atoms. The van der Waals surface area contributed by atoms with Crippen LogP contribution in [0.1, 0.15) is 40.5 Å². The van der Waals surface area contributed by atoms with Crippen LogP contribution in [-0.4, -0.2) is 44.6 Å². The smallest absolute Gasteiger partial charge is 0.313 e. The van der Waals surface area contributed by atoms with Crippen molar-refractivity contribution in [2.75, 3.05) is 6.54 Å². The summed E-state index contributed by atoms with van der Waals surface area (Å²) in [4.78, 5) is 30.4. The van der Waals surface area contributed by atoms with Gasteiger partial charge in [-0.05, 0) is 18.6 Å². The maximum atomic E-state index is 12.8. The van der Waals surface area contributed by atoms with Gasteiger partial charge < -0.3 is 15.1 Å². The molecule has 6 nitrogen and oxygen atoms in total. The Morgan fingerprint density at radius 1 is 1.43 bits per heavy atom. The number of benzene rings is 1. The van der Waals surface area contributed by atoms with Gasteiger partial charge in [0, 0.05) is 17.5 Å². The molecule has 7 heteroatoms. The third-order valence-electron chi connectivity index (χ3n) is 3.92. The first-order valence-electron chi connectivity index (χ1n) is 7.19. The SMILES string of the molecule is C[C@H](O)CN1C(=O)c2ccccc2[C@@H](C(=O)O)[C@H]1c1cscn1. The number of carboxylic acid groups (broad SMARTS) is 1. The van der Waals surface area contributed by atoms with Crippen LogP contribution in [0.4, 0.5) is 0 Å². The van der Waals surface area contributed by atoms with Crippen LogP contribution in [0.5, 0.6) is 0 Å². The fourth-order valence-electron chi connectivity index (χ4n) is 3.04. The number of carbonyl (C=O) groups is 2. The number of hydrogen-bond donors (Lipinski definition) is 2. The van der Waals surface area contributed by atoms with Crippen molar-refractivity contribution in [3.05, 3.63) is 52.0 Å². The molecule has 0 bridgehead atoms. The molecule has 1 amide bonds. The summed E-state index contributed by atoms with van der Waals surface area (Å²) in [6.45, 7) is 1.63. The van der Waals surface area contributed by atoms with E-state index in [4.69, 9.17) is 0 Å². The Kier molecular flexibility index (Phi) is 4.14. The van der Waals surface area contributed by atoms with Crippen LogP contribution in [0.2, 0.25) is 0 Å². The lowest BCUT2D eigenvalue weighted by atomic mass is 9.81. The largest absolute Gasteiger partial charge is 0.481 e. The molecule has 1 aromatic heterocycles. The second kappa shape index (κ2) is 6.10. The van der Waals surface area contributed by atoms with E-state index in [1.807, 2.05) is 0 Å². The maximum absolute atomic E-state index is 12.8. The average Bonchev–Trinajstić information content (AvgIpc) is 3.03. The van der Waals surface area contributed by atoms with Crippen LogP contribution in [0.25, 0.3) is 0 Å². The number of amides is 1. The summed E-state index contributed by atoms with van der Waals surface area (Å²) in [6.07, 6.45) is -0.764. The monoisotopic (exact) mass is 332 g/mol. The summed E-state index contributed by atoms with van der Waals surface area (Å²) in [5.74, 6) is -2.21. The highest BCUT2D eigenvalue weighted by Gasteiger charge is 2.45. The minimum absolute atomic E-state index is 0.0547. The van der Waals surface area contributed by atoms with Gasteiger partial charge >= 0.3 is 5.97 Å². The van der Waals surface area contributed by atoms with E-state index in [9.17, 15) is 19.8 Å². The number of aliphatic carboxylic acids is 1. The van der Waals surface area contributed by atoms with Gasteiger partial charge in [-0.2, -0.15) is 0 Å². The van der Waals surface area contributed by atoms with Crippen molar-refractivity contribution in [1.29, 1.82) is 0 Å². The number of carboxylic acids is 1. The predicted octanol–water partition coefficient (Wildman–Crippen LogP) is 1.89. The molecule has 3 rings (SSSR count). The standard InChI is InChI=1S/C16H16N2O4S/c1-9(19)6-18-14(12-7-23-8-17-12)13(16(21)22)10-4-2-3-5-11(10)15(18)20/h2-5,7-9,13-14,19H,6H2,1H3,(H,21,22)/t9-,13+,14+/m0/s1. The highest BCUT2D eigenvalue weighted by Crippen LogP contribution is 2.42. The van der Waals surface area contributed by atoms with Gasteiger partial charge in [0.25, 0.3) is 5.91 Å². The minimum Gasteiger partial charge on any atom is -0.481 e. The number of aliphatic hydroxyl groups is 1. The van der Waals surface area contributed by atoms with Gasteiger partial charge in [0.05, 0.1) is 23.4 Å². The van der Waals surface area contributed by atoms with E-state index in [1.165, 1.54) is 16.2 Å². The number of hydrogen-bond acceptors (Lipinski definition) is 5. The van der Waals surface area contributed by atoms with E-state index in [-0.39, 0.29) is 12.5 Å². The summed E-state index contributed by atoms with van der Waals surface area (Å²) < 4.78 is 0. The highest BCUT2D eigenvalue weighted by molar-refractivity contribution is 7.07. The average molecular weight is 332 g/mol. The van der Waals surface area contributed by atoms with Crippen LogP contribution >= 0.6 is 11.3 Å². The van der Waals surface area contributed by atoms with E-state index >= 15 is 0 Å². The Labute approximate surface area is 137 Å². The second-order valence-corrected chi connectivity index (χ2v) is 6.29. The minimum atomic E-state index is -1.02. The number of carbonyl (C=O) groups excluding carboxylic acids is 1. The third kappa shape index (κ3) is 2.73. The molecule has 0 saturated heterocycles. The molecule has 3 atom stereocenters. The zero-order chi connectivity index (χ0) is 16.6. The Bertz CT molecular complexity index is 729. The molecule has 1 aliphatic heterocycles. The van der Waals surface area contributed by atoms with Crippen molar-refractivity contribution in [3.8, 4) is 0 Å². The molecule has 1 aromatic carbocycles. The Morgan fingerprint density at radius 2 is 2.17 bits per heavy atom. The van der Waals surface area contributed by atoms with Gasteiger partial charge in [0.15, 0.2) is 0 Å². The number of nitrogens with zero attached hydrogens (tertiary/aromatic N) is 2. The van der Waals surface area contributed by atoms with E-state index in [0.29, 0.717) is 16.8 Å². The van der Waals surface area contributed by atoms with Crippen LogP contribution < -0.4 is 0 Å². The lowest BCUT2D eigenvalue weighted by Gasteiger charge is -2.40. The van der Waals surface area contributed by atoms with Crippen molar-refractivity contribution in [3.63, 3.8) is 0 Å². The van der Waals surface area contributed by atoms with Gasteiger partial charge in [-0.3, -0.25) is 9.59 Å². The topological polar surface area (TPSA) is 90.7 Å². The summed E-state index contributed by atoms with van der Waals surface area (Å²) >= 11 is 1.35. The Morgan fingerprint density at radius 3 is 2.78 bits per heavy atom. The zero-order valence-corrected chi connectivity index (χ0v) is 13.2. The summed E-state index contributed by atoms with van der Waals surface area (Å²) in [7, 11) is 0. The molecule has 0 unspecified atom stereocenters. The van der Waals surface area contributed by atoms with E-state index in [1.54, 1.807) is 42.1 Å². The molecule has 0 radical (unpaired) electrons. The molecule has 2 N–H and O–H groups in total. The lowest BCUT2D eigenvalue weighted by molar-refractivity contribution is -0.140. The molecule has 2 aromatic rings. The van der Waals surface area contributed by atoms with Gasteiger partial charge in [0.1, 0.15) is 5.92 Å². The number of rotatable bonds is 4. The molecule has 2 heterocycles. The van der Waals surface area contributed by atoms with E-state index in [0.717, 1.165) is 0 Å². The van der Waals surface area contributed by atoms with Gasteiger partial charge in [-0.25, -0.2) is 4.98 Å². The van der Waals surface area contributed by atoms with Crippen molar-refractivity contribution in [2.45, 2.75) is 25.0 Å².